The summed E-state index contributed by atoms with van der Waals surface area (Å²) in [4.78, 5) is 31.2. The van der Waals surface area contributed by atoms with Crippen LogP contribution in [0.25, 0.3) is 21.8 Å². The zero-order chi connectivity index (χ0) is 20.1. The van der Waals surface area contributed by atoms with Crippen LogP contribution in [-0.2, 0) is 6.42 Å². The predicted octanol–water partition coefficient (Wildman–Crippen LogP) is 4.58. The van der Waals surface area contributed by atoms with E-state index in [0.717, 1.165) is 16.6 Å². The summed E-state index contributed by atoms with van der Waals surface area (Å²) in [5.74, 6) is -0.376. The summed E-state index contributed by atoms with van der Waals surface area (Å²) < 4.78 is 13.5. The molecular weight excluding hydrogens is 367 g/mol. The molecule has 1 unspecified atom stereocenters. The number of fused-ring (bicyclic) bond motifs is 3. The second kappa shape index (κ2) is 6.55. The molecule has 4 nitrogen and oxygen atoms in total. The molecule has 5 rings (SSSR count). The Morgan fingerprint density at radius 1 is 1.03 bits per heavy atom. The summed E-state index contributed by atoms with van der Waals surface area (Å²) in [7, 11) is 0. The van der Waals surface area contributed by atoms with Crippen LogP contribution in [0.15, 0.2) is 65.5 Å². The average Bonchev–Trinajstić information content (AvgIpc) is 2.73. The third-order valence-electron chi connectivity index (χ3n) is 5.86. The number of para-hydroxylation sites is 1. The number of aromatic nitrogens is 1. The highest BCUT2D eigenvalue weighted by molar-refractivity contribution is 6.00. The average molecular weight is 386 g/mol. The van der Waals surface area contributed by atoms with E-state index in [0.29, 0.717) is 34.8 Å². The number of nitrogens with one attached hydrogen (secondary N) is 1. The lowest BCUT2D eigenvalue weighted by Crippen LogP contribution is -2.38. The zero-order valence-electron chi connectivity index (χ0n) is 15.9. The van der Waals surface area contributed by atoms with Gasteiger partial charge in [-0.3, -0.25) is 9.59 Å². The van der Waals surface area contributed by atoms with Crippen LogP contribution in [-0.4, -0.2) is 22.3 Å². The van der Waals surface area contributed by atoms with Crippen LogP contribution in [0.1, 0.15) is 34.5 Å². The number of hydrogen-bond acceptors (Lipinski definition) is 2. The number of pyridine rings is 1. The van der Waals surface area contributed by atoms with Crippen molar-refractivity contribution in [1.82, 2.24) is 9.88 Å². The molecule has 1 aliphatic rings. The fraction of sp³-hybridized carbons (Fsp3) is 0.167. The second-order valence-electron chi connectivity index (χ2n) is 7.53. The number of aromatic amines is 1. The second-order valence-corrected chi connectivity index (χ2v) is 7.53. The number of carbonyl (C=O) groups excluding carboxylic acids is 1. The lowest BCUT2D eigenvalue weighted by atomic mass is 9.92. The number of nitrogens with zero attached hydrogens (tertiary/aromatic N) is 1. The number of H-pyrrole nitrogens is 1. The summed E-state index contributed by atoms with van der Waals surface area (Å²) in [6.45, 7) is 2.47. The summed E-state index contributed by atoms with van der Waals surface area (Å²) in [5.41, 5.74) is 3.79. The number of hydrogen-bond donors (Lipinski definition) is 1. The number of benzene rings is 3. The fourth-order valence-corrected chi connectivity index (χ4v) is 4.30. The molecule has 0 saturated carbocycles. The van der Waals surface area contributed by atoms with Gasteiger partial charge in [-0.05, 0) is 66.9 Å². The summed E-state index contributed by atoms with van der Waals surface area (Å²) in [6.07, 6.45) is 0.613. The van der Waals surface area contributed by atoms with Crippen LogP contribution in [0.5, 0.6) is 0 Å². The molecular formula is C24H19FN2O2. The molecule has 1 aromatic heterocycles. The number of halogens is 1. The molecule has 1 aliphatic heterocycles. The van der Waals surface area contributed by atoms with Crippen molar-refractivity contribution in [2.45, 2.75) is 19.4 Å². The normalized spacial score (nSPS) is 16.2. The fourth-order valence-electron chi connectivity index (χ4n) is 4.30. The van der Waals surface area contributed by atoms with Crippen LogP contribution in [0.3, 0.4) is 0 Å². The smallest absolute Gasteiger partial charge is 0.254 e. The van der Waals surface area contributed by atoms with Gasteiger partial charge in [0.15, 0.2) is 5.43 Å². The van der Waals surface area contributed by atoms with Crippen molar-refractivity contribution in [1.29, 1.82) is 0 Å². The largest absolute Gasteiger partial charge is 0.354 e. The molecule has 3 aromatic carbocycles. The van der Waals surface area contributed by atoms with E-state index >= 15 is 0 Å². The molecule has 2 heterocycles. The third-order valence-corrected chi connectivity index (χ3v) is 5.86. The van der Waals surface area contributed by atoms with E-state index in [4.69, 9.17) is 0 Å². The van der Waals surface area contributed by atoms with Gasteiger partial charge in [0.05, 0.1) is 6.04 Å². The van der Waals surface area contributed by atoms with Crippen LogP contribution in [0.2, 0.25) is 0 Å². The molecule has 0 bridgehead atoms. The molecule has 1 atom stereocenters. The Morgan fingerprint density at radius 3 is 2.69 bits per heavy atom. The van der Waals surface area contributed by atoms with Gasteiger partial charge in [0.1, 0.15) is 5.82 Å². The Morgan fingerprint density at radius 2 is 1.83 bits per heavy atom. The van der Waals surface area contributed by atoms with Crippen molar-refractivity contribution in [2.75, 3.05) is 6.54 Å². The maximum atomic E-state index is 13.5. The summed E-state index contributed by atoms with van der Waals surface area (Å²) in [6, 6.07) is 17.2. The van der Waals surface area contributed by atoms with Crippen LogP contribution < -0.4 is 5.43 Å². The Balaban J connectivity index is 1.56. The molecule has 29 heavy (non-hydrogen) atoms. The van der Waals surface area contributed by atoms with Crippen molar-refractivity contribution in [3.05, 3.63) is 93.4 Å². The Labute approximate surface area is 166 Å². The summed E-state index contributed by atoms with van der Waals surface area (Å²) >= 11 is 0. The molecule has 1 N–H and O–H groups in total. The summed E-state index contributed by atoms with van der Waals surface area (Å²) in [5, 5.41) is 1.11. The minimum Gasteiger partial charge on any atom is -0.354 e. The lowest BCUT2D eigenvalue weighted by molar-refractivity contribution is 0.0677. The van der Waals surface area contributed by atoms with Gasteiger partial charge in [0.2, 0.25) is 0 Å². The molecule has 0 saturated heterocycles. The Bertz CT molecular complexity index is 1340. The topological polar surface area (TPSA) is 53.2 Å². The van der Waals surface area contributed by atoms with E-state index < -0.39 is 0 Å². The van der Waals surface area contributed by atoms with Gasteiger partial charge in [-0.15, -0.1) is 0 Å². The quantitative estimate of drug-likeness (QED) is 0.487. The lowest BCUT2D eigenvalue weighted by Gasteiger charge is -2.35. The van der Waals surface area contributed by atoms with Gasteiger partial charge in [-0.1, -0.05) is 18.2 Å². The minimum absolute atomic E-state index is 0.0866. The van der Waals surface area contributed by atoms with Gasteiger partial charge in [0.25, 0.3) is 5.91 Å². The van der Waals surface area contributed by atoms with E-state index in [1.54, 1.807) is 41.3 Å². The Hall–Kier alpha value is -3.47. The van der Waals surface area contributed by atoms with E-state index in [2.05, 4.69) is 4.98 Å². The number of amides is 1. The highest BCUT2D eigenvalue weighted by Crippen LogP contribution is 2.31. The van der Waals surface area contributed by atoms with Crippen molar-refractivity contribution in [2.24, 2.45) is 0 Å². The van der Waals surface area contributed by atoms with Crippen molar-refractivity contribution >= 4 is 27.7 Å². The first-order chi connectivity index (χ1) is 14.0. The van der Waals surface area contributed by atoms with Crippen molar-refractivity contribution in [3.8, 4) is 0 Å². The van der Waals surface area contributed by atoms with Gasteiger partial charge < -0.3 is 9.88 Å². The SMILES string of the molecule is CC1c2ccc(F)cc2CCN1C(=O)c1ccc2[nH]c3ccccc3c(=O)c2c1. The predicted molar refractivity (Wildman–Crippen MR) is 112 cm³/mol. The van der Waals surface area contributed by atoms with Crippen LogP contribution in [0.4, 0.5) is 4.39 Å². The third kappa shape index (κ3) is 2.81. The zero-order valence-corrected chi connectivity index (χ0v) is 15.9. The molecule has 0 spiro atoms. The molecule has 1 amide bonds. The van der Waals surface area contributed by atoms with Crippen molar-refractivity contribution < 1.29 is 9.18 Å². The van der Waals surface area contributed by atoms with Gasteiger partial charge in [-0.25, -0.2) is 4.39 Å². The number of carbonyl (C=O) groups is 1. The standard InChI is InChI=1S/C24H19FN2O2/c1-14-18-8-7-17(25)12-15(18)10-11-27(14)24(29)16-6-9-22-20(13-16)23(28)19-4-2-3-5-21(19)26-22/h2-9,12-14H,10-11H2,1H3,(H,26,28). The van der Waals surface area contributed by atoms with Gasteiger partial charge in [0, 0.05) is 33.9 Å². The van der Waals surface area contributed by atoms with Gasteiger partial charge >= 0.3 is 0 Å². The van der Waals surface area contributed by atoms with E-state index in [-0.39, 0.29) is 23.2 Å². The first-order valence-electron chi connectivity index (χ1n) is 9.67. The highest BCUT2D eigenvalue weighted by atomic mass is 19.1. The maximum Gasteiger partial charge on any atom is 0.254 e. The van der Waals surface area contributed by atoms with Crippen molar-refractivity contribution in [3.63, 3.8) is 0 Å². The molecule has 0 aliphatic carbocycles. The first-order valence-corrected chi connectivity index (χ1v) is 9.67. The molecule has 5 heteroatoms. The molecule has 144 valence electrons. The maximum absolute atomic E-state index is 13.5. The number of rotatable bonds is 1. The molecule has 0 radical (unpaired) electrons. The molecule has 4 aromatic rings. The first kappa shape index (κ1) is 17.6. The Kier molecular flexibility index (Phi) is 3.98. The van der Waals surface area contributed by atoms with Gasteiger partial charge in [-0.2, -0.15) is 0 Å². The van der Waals surface area contributed by atoms with Crippen LogP contribution in [0, 0.1) is 5.82 Å². The highest BCUT2D eigenvalue weighted by Gasteiger charge is 2.28. The minimum atomic E-state index is -0.253. The monoisotopic (exact) mass is 386 g/mol. The van der Waals surface area contributed by atoms with E-state index in [1.807, 2.05) is 25.1 Å². The van der Waals surface area contributed by atoms with E-state index in [1.165, 1.54) is 6.07 Å². The molecule has 0 fully saturated rings. The van der Waals surface area contributed by atoms with Crippen LogP contribution >= 0.6 is 0 Å². The van der Waals surface area contributed by atoms with E-state index in [9.17, 15) is 14.0 Å².